The van der Waals surface area contributed by atoms with Crippen molar-refractivity contribution in [3.63, 3.8) is 0 Å². The molecule has 1 amide bonds. The second-order valence-electron chi connectivity index (χ2n) is 9.29. The van der Waals surface area contributed by atoms with Crippen molar-refractivity contribution in [2.24, 2.45) is 0 Å². The Kier molecular flexibility index (Phi) is 8.16. The SMILES string of the molecule is CCCCC(F)CNC(=O)c1cnc(Nc2ccc(N3CCN(C)CC3)cc2)nc1NC1CC1. The van der Waals surface area contributed by atoms with E-state index in [1.807, 2.05) is 19.1 Å². The molecule has 1 aromatic heterocycles. The summed E-state index contributed by atoms with van der Waals surface area (Å²) in [5, 5.41) is 9.24. The van der Waals surface area contributed by atoms with Crippen molar-refractivity contribution < 1.29 is 9.18 Å². The van der Waals surface area contributed by atoms with E-state index >= 15 is 0 Å². The highest BCUT2D eigenvalue weighted by Gasteiger charge is 2.25. The van der Waals surface area contributed by atoms with Crippen molar-refractivity contribution in [3.8, 4) is 0 Å². The number of carbonyl (C=O) groups is 1. The minimum atomic E-state index is -1.04. The Labute approximate surface area is 201 Å². The number of carbonyl (C=O) groups excluding carboxylic acids is 1. The third-order valence-electron chi connectivity index (χ3n) is 6.30. The fourth-order valence-corrected chi connectivity index (χ4v) is 3.91. The summed E-state index contributed by atoms with van der Waals surface area (Å²) >= 11 is 0. The molecule has 2 fully saturated rings. The van der Waals surface area contributed by atoms with Gasteiger partial charge >= 0.3 is 0 Å². The quantitative estimate of drug-likeness (QED) is 0.461. The summed E-state index contributed by atoms with van der Waals surface area (Å²) in [5.41, 5.74) is 2.42. The molecule has 1 aliphatic heterocycles. The van der Waals surface area contributed by atoms with Gasteiger partial charge < -0.3 is 25.8 Å². The zero-order valence-electron chi connectivity index (χ0n) is 20.2. The number of hydrogen-bond acceptors (Lipinski definition) is 7. The Balaban J connectivity index is 1.40. The maximum atomic E-state index is 14.0. The molecule has 1 saturated carbocycles. The average molecular weight is 470 g/mol. The molecule has 9 heteroatoms. The van der Waals surface area contributed by atoms with Crippen LogP contribution in [0.4, 0.5) is 27.5 Å². The predicted molar refractivity (Wildman–Crippen MR) is 135 cm³/mol. The van der Waals surface area contributed by atoms with Crippen molar-refractivity contribution in [3.05, 3.63) is 36.0 Å². The summed E-state index contributed by atoms with van der Waals surface area (Å²) in [7, 11) is 2.15. The van der Waals surface area contributed by atoms with E-state index in [-0.39, 0.29) is 12.5 Å². The van der Waals surface area contributed by atoms with E-state index in [4.69, 9.17) is 0 Å². The largest absolute Gasteiger partial charge is 0.369 e. The van der Waals surface area contributed by atoms with Gasteiger partial charge in [0.05, 0.1) is 0 Å². The number of nitrogens with one attached hydrogen (secondary N) is 3. The lowest BCUT2D eigenvalue weighted by Gasteiger charge is -2.34. The predicted octanol–water partition coefficient (Wildman–Crippen LogP) is 3.80. The van der Waals surface area contributed by atoms with Crippen LogP contribution in [0.5, 0.6) is 0 Å². The molecule has 184 valence electrons. The van der Waals surface area contributed by atoms with Gasteiger partial charge in [0.1, 0.15) is 17.6 Å². The number of halogens is 1. The molecule has 1 unspecified atom stereocenters. The number of piperazine rings is 1. The van der Waals surface area contributed by atoms with Gasteiger partial charge in [-0.15, -0.1) is 0 Å². The van der Waals surface area contributed by atoms with E-state index in [1.54, 1.807) is 0 Å². The Hall–Kier alpha value is -2.94. The maximum Gasteiger partial charge on any atom is 0.256 e. The normalized spacial score (nSPS) is 17.3. The zero-order valence-corrected chi connectivity index (χ0v) is 20.2. The third-order valence-corrected chi connectivity index (χ3v) is 6.30. The van der Waals surface area contributed by atoms with Crippen LogP contribution in [0.2, 0.25) is 0 Å². The molecule has 3 N–H and O–H groups in total. The highest BCUT2D eigenvalue weighted by atomic mass is 19.1. The van der Waals surface area contributed by atoms with Crippen LogP contribution in [0.3, 0.4) is 0 Å². The number of rotatable bonds is 11. The highest BCUT2D eigenvalue weighted by molar-refractivity contribution is 5.98. The molecule has 2 heterocycles. The lowest BCUT2D eigenvalue weighted by molar-refractivity contribution is 0.0940. The van der Waals surface area contributed by atoms with Gasteiger partial charge in [-0.1, -0.05) is 19.8 Å². The minimum absolute atomic E-state index is 0.00135. The van der Waals surface area contributed by atoms with Gasteiger partial charge in [0, 0.05) is 56.3 Å². The molecule has 1 aliphatic carbocycles. The monoisotopic (exact) mass is 469 g/mol. The molecule has 0 spiro atoms. The first-order valence-electron chi connectivity index (χ1n) is 12.4. The van der Waals surface area contributed by atoms with E-state index in [1.165, 1.54) is 11.9 Å². The van der Waals surface area contributed by atoms with Crippen LogP contribution in [0.25, 0.3) is 0 Å². The molecular weight excluding hydrogens is 433 g/mol. The Morgan fingerprint density at radius 3 is 2.59 bits per heavy atom. The summed E-state index contributed by atoms with van der Waals surface area (Å²) in [6.07, 6.45) is 4.76. The first-order valence-corrected chi connectivity index (χ1v) is 12.4. The number of alkyl halides is 1. The summed E-state index contributed by atoms with van der Waals surface area (Å²) in [6.45, 7) is 6.20. The standard InChI is InChI=1S/C25H36FN7O/c1-3-4-5-18(26)16-27-24(34)22-17-28-25(31-23(22)29-19-6-7-19)30-20-8-10-21(11-9-20)33-14-12-32(2)13-15-33/h8-11,17-19H,3-7,12-16H2,1-2H3,(H,27,34)(H2,28,29,30,31). The second kappa shape index (κ2) is 11.5. The molecule has 1 atom stereocenters. The van der Waals surface area contributed by atoms with Crippen molar-refractivity contribution in [2.45, 2.75) is 51.2 Å². The summed E-state index contributed by atoms with van der Waals surface area (Å²) in [4.78, 5) is 26.3. The fraction of sp³-hybridized carbons (Fsp3) is 0.560. The lowest BCUT2D eigenvalue weighted by Crippen LogP contribution is -2.44. The molecule has 2 aromatic rings. The smallest absolute Gasteiger partial charge is 0.256 e. The van der Waals surface area contributed by atoms with E-state index in [2.05, 4.69) is 54.9 Å². The number of amides is 1. The van der Waals surface area contributed by atoms with Gasteiger partial charge in [-0.2, -0.15) is 4.98 Å². The van der Waals surface area contributed by atoms with Crippen LogP contribution in [-0.2, 0) is 0 Å². The van der Waals surface area contributed by atoms with Crippen LogP contribution < -0.4 is 20.9 Å². The number of aromatic nitrogens is 2. The lowest BCUT2D eigenvalue weighted by atomic mass is 10.2. The van der Waals surface area contributed by atoms with E-state index in [0.29, 0.717) is 29.8 Å². The molecule has 1 saturated heterocycles. The van der Waals surface area contributed by atoms with E-state index < -0.39 is 6.17 Å². The number of hydrogen-bond donors (Lipinski definition) is 3. The number of anilines is 4. The van der Waals surface area contributed by atoms with E-state index in [0.717, 1.165) is 57.5 Å². The number of benzene rings is 1. The minimum Gasteiger partial charge on any atom is -0.369 e. The van der Waals surface area contributed by atoms with Crippen molar-refractivity contribution >= 4 is 29.0 Å². The van der Waals surface area contributed by atoms with Gasteiger partial charge in [-0.25, -0.2) is 9.37 Å². The van der Waals surface area contributed by atoms with Crippen molar-refractivity contribution in [2.75, 3.05) is 55.3 Å². The van der Waals surface area contributed by atoms with Crippen LogP contribution >= 0.6 is 0 Å². The van der Waals surface area contributed by atoms with Gasteiger partial charge in [0.2, 0.25) is 5.95 Å². The topological polar surface area (TPSA) is 85.4 Å². The first kappa shape index (κ1) is 24.2. The van der Waals surface area contributed by atoms with Crippen LogP contribution in [0.15, 0.2) is 30.5 Å². The van der Waals surface area contributed by atoms with Gasteiger partial charge in [-0.05, 0) is 50.6 Å². The molecule has 8 nitrogen and oxygen atoms in total. The average Bonchev–Trinajstić information content (AvgIpc) is 3.66. The Morgan fingerprint density at radius 2 is 1.91 bits per heavy atom. The van der Waals surface area contributed by atoms with Crippen molar-refractivity contribution in [1.29, 1.82) is 0 Å². The van der Waals surface area contributed by atoms with Crippen molar-refractivity contribution in [1.82, 2.24) is 20.2 Å². The molecule has 0 radical (unpaired) electrons. The van der Waals surface area contributed by atoms with Gasteiger partial charge in [-0.3, -0.25) is 4.79 Å². The Bertz CT molecular complexity index is 943. The molecule has 4 rings (SSSR count). The number of nitrogens with zero attached hydrogens (tertiary/aromatic N) is 4. The van der Waals surface area contributed by atoms with Crippen LogP contribution in [0, 0.1) is 0 Å². The third kappa shape index (κ3) is 6.79. The first-order chi connectivity index (χ1) is 16.5. The Morgan fingerprint density at radius 1 is 1.18 bits per heavy atom. The van der Waals surface area contributed by atoms with Gasteiger partial charge in [0.25, 0.3) is 5.91 Å². The number of likely N-dealkylation sites (N-methyl/N-ethyl adjacent to an activating group) is 1. The number of unbranched alkanes of at least 4 members (excludes halogenated alkanes) is 1. The van der Waals surface area contributed by atoms with Crippen LogP contribution in [-0.4, -0.2) is 72.8 Å². The molecule has 2 aliphatic rings. The summed E-state index contributed by atoms with van der Waals surface area (Å²) in [5.74, 6) is 0.541. The molecular formula is C25H36FN7O. The van der Waals surface area contributed by atoms with Gasteiger partial charge in [0.15, 0.2) is 0 Å². The summed E-state index contributed by atoms with van der Waals surface area (Å²) < 4.78 is 14.0. The molecule has 34 heavy (non-hydrogen) atoms. The van der Waals surface area contributed by atoms with E-state index in [9.17, 15) is 9.18 Å². The molecule has 1 aromatic carbocycles. The fourth-order valence-electron chi connectivity index (χ4n) is 3.91. The zero-order chi connectivity index (χ0) is 23.9. The molecule has 0 bridgehead atoms. The maximum absolute atomic E-state index is 14.0. The highest BCUT2D eigenvalue weighted by Crippen LogP contribution is 2.27. The second-order valence-corrected chi connectivity index (χ2v) is 9.29. The summed E-state index contributed by atoms with van der Waals surface area (Å²) in [6, 6.07) is 8.55. The van der Waals surface area contributed by atoms with Crippen LogP contribution in [0.1, 0.15) is 49.4 Å².